The summed E-state index contributed by atoms with van der Waals surface area (Å²) in [5.74, 6) is -0.870. The monoisotopic (exact) mass is 287 g/mol. The van der Waals surface area contributed by atoms with E-state index in [0.29, 0.717) is 5.56 Å². The Bertz CT molecular complexity index is 698. The maximum absolute atomic E-state index is 13.5. The molecule has 21 heavy (non-hydrogen) atoms. The van der Waals surface area contributed by atoms with E-state index in [9.17, 15) is 14.3 Å². The van der Waals surface area contributed by atoms with Crippen LogP contribution in [0.15, 0.2) is 49.0 Å². The summed E-state index contributed by atoms with van der Waals surface area (Å²) in [7, 11) is 1.40. The van der Waals surface area contributed by atoms with Gasteiger partial charge >= 0.3 is 0 Å². The number of aromatic hydroxyl groups is 1. The Balaban J connectivity index is 2.20. The number of carbonyl (C=O) groups excluding carboxylic acids is 1. The van der Waals surface area contributed by atoms with Gasteiger partial charge in [0.2, 0.25) is 0 Å². The first-order valence-electron chi connectivity index (χ1n) is 6.15. The predicted molar refractivity (Wildman–Crippen MR) is 78.7 cm³/mol. The summed E-state index contributed by atoms with van der Waals surface area (Å²) in [6.07, 6.45) is 0. The highest BCUT2D eigenvalue weighted by Crippen LogP contribution is 2.29. The number of amides is 1. The van der Waals surface area contributed by atoms with Gasteiger partial charge in [0, 0.05) is 5.57 Å². The van der Waals surface area contributed by atoms with Gasteiger partial charge in [-0.25, -0.2) is 4.39 Å². The molecule has 2 aromatic carbocycles. The maximum atomic E-state index is 13.5. The molecule has 0 heterocycles. The highest BCUT2D eigenvalue weighted by atomic mass is 19.1. The third kappa shape index (κ3) is 3.20. The minimum absolute atomic E-state index is 0.0384. The third-order valence-corrected chi connectivity index (χ3v) is 2.92. The minimum Gasteiger partial charge on any atom is -0.504 e. The number of ether oxygens (including phenoxy) is 1. The van der Waals surface area contributed by atoms with Crippen LogP contribution in [0.25, 0.3) is 5.57 Å². The molecule has 0 aliphatic carbocycles. The van der Waals surface area contributed by atoms with Crippen LogP contribution in [0.1, 0.15) is 5.56 Å². The lowest BCUT2D eigenvalue weighted by Crippen LogP contribution is -2.14. The number of hydrogen-bond acceptors (Lipinski definition) is 3. The van der Waals surface area contributed by atoms with Crippen molar-refractivity contribution in [3.63, 3.8) is 0 Å². The first-order chi connectivity index (χ1) is 10.0. The van der Waals surface area contributed by atoms with Gasteiger partial charge in [-0.1, -0.05) is 24.8 Å². The normalized spacial score (nSPS) is 10.0. The maximum Gasteiger partial charge on any atom is 0.255 e. The van der Waals surface area contributed by atoms with E-state index in [0.717, 1.165) is 0 Å². The fourth-order valence-electron chi connectivity index (χ4n) is 1.76. The fraction of sp³-hybridized carbons (Fsp3) is 0.0625. The predicted octanol–water partition coefficient (Wildman–Crippen LogP) is 3.19. The van der Waals surface area contributed by atoms with Crippen molar-refractivity contribution in [2.45, 2.75) is 0 Å². The van der Waals surface area contributed by atoms with Crippen molar-refractivity contribution in [1.29, 1.82) is 0 Å². The lowest BCUT2D eigenvalue weighted by molar-refractivity contribution is -0.111. The molecule has 0 bridgehead atoms. The van der Waals surface area contributed by atoms with Crippen LogP contribution in [0.2, 0.25) is 0 Å². The Morgan fingerprint density at radius 2 is 2.00 bits per heavy atom. The van der Waals surface area contributed by atoms with Crippen molar-refractivity contribution in [3.8, 4) is 11.5 Å². The molecule has 2 rings (SSSR count). The molecule has 0 fully saturated rings. The molecule has 108 valence electrons. The van der Waals surface area contributed by atoms with E-state index < -0.39 is 11.7 Å². The Hall–Kier alpha value is -2.82. The molecule has 0 atom stereocenters. The van der Waals surface area contributed by atoms with Crippen molar-refractivity contribution in [2.24, 2.45) is 0 Å². The van der Waals surface area contributed by atoms with Gasteiger partial charge in [0.25, 0.3) is 5.91 Å². The molecule has 0 saturated heterocycles. The van der Waals surface area contributed by atoms with Crippen LogP contribution in [0.4, 0.5) is 10.1 Å². The van der Waals surface area contributed by atoms with E-state index in [1.807, 2.05) is 0 Å². The Morgan fingerprint density at radius 3 is 2.67 bits per heavy atom. The molecule has 1 amide bonds. The number of methoxy groups -OCH3 is 1. The van der Waals surface area contributed by atoms with Crippen LogP contribution >= 0.6 is 0 Å². The lowest BCUT2D eigenvalue weighted by atomic mass is 10.1. The first-order valence-corrected chi connectivity index (χ1v) is 6.15. The molecule has 4 nitrogen and oxygen atoms in total. The van der Waals surface area contributed by atoms with Crippen molar-refractivity contribution in [1.82, 2.24) is 0 Å². The van der Waals surface area contributed by atoms with E-state index in [1.165, 1.54) is 43.5 Å². The van der Waals surface area contributed by atoms with Gasteiger partial charge in [0.1, 0.15) is 5.82 Å². The molecule has 0 spiro atoms. The summed E-state index contributed by atoms with van der Waals surface area (Å²) in [4.78, 5) is 12.1. The highest BCUT2D eigenvalue weighted by molar-refractivity contribution is 6.24. The zero-order valence-corrected chi connectivity index (χ0v) is 11.4. The van der Waals surface area contributed by atoms with E-state index in [4.69, 9.17) is 4.74 Å². The molecule has 0 radical (unpaired) electrons. The van der Waals surface area contributed by atoms with Crippen molar-refractivity contribution < 1.29 is 19.0 Å². The molecule has 0 aromatic heterocycles. The van der Waals surface area contributed by atoms with Crippen molar-refractivity contribution >= 4 is 17.2 Å². The standard InChI is InChI=1S/C16H14FNO3/c1-10(11-7-8-14(19)15(9-11)21-2)16(20)18-13-6-4-3-5-12(13)17/h3-9,19H,1H2,2H3,(H,18,20). The van der Waals surface area contributed by atoms with Gasteiger partial charge in [-0.3, -0.25) is 4.79 Å². The van der Waals surface area contributed by atoms with Gasteiger partial charge < -0.3 is 15.2 Å². The van der Waals surface area contributed by atoms with E-state index >= 15 is 0 Å². The molecule has 0 aliphatic heterocycles. The molecule has 0 saturated carbocycles. The van der Waals surface area contributed by atoms with Crippen LogP contribution in [0.5, 0.6) is 11.5 Å². The second-order valence-corrected chi connectivity index (χ2v) is 4.30. The number of hydrogen-bond donors (Lipinski definition) is 2. The van der Waals surface area contributed by atoms with E-state index in [-0.39, 0.29) is 22.8 Å². The zero-order chi connectivity index (χ0) is 15.4. The topological polar surface area (TPSA) is 58.6 Å². The van der Waals surface area contributed by atoms with Gasteiger partial charge in [0.15, 0.2) is 11.5 Å². The number of benzene rings is 2. The lowest BCUT2D eigenvalue weighted by Gasteiger charge is -2.10. The molecule has 2 aromatic rings. The third-order valence-electron chi connectivity index (χ3n) is 2.92. The van der Waals surface area contributed by atoms with Gasteiger partial charge in [0.05, 0.1) is 12.8 Å². The van der Waals surface area contributed by atoms with Crippen LogP contribution in [0.3, 0.4) is 0 Å². The molecule has 0 unspecified atom stereocenters. The first kappa shape index (κ1) is 14.6. The number of para-hydroxylation sites is 1. The SMILES string of the molecule is C=C(C(=O)Nc1ccccc1F)c1ccc(O)c(OC)c1. The number of carbonyl (C=O) groups is 1. The summed E-state index contributed by atoms with van der Waals surface area (Å²) in [6, 6.07) is 10.3. The fourth-order valence-corrected chi connectivity index (χ4v) is 1.76. The van der Waals surface area contributed by atoms with Crippen LogP contribution in [-0.2, 0) is 4.79 Å². The van der Waals surface area contributed by atoms with Gasteiger partial charge in [-0.2, -0.15) is 0 Å². The smallest absolute Gasteiger partial charge is 0.255 e. The van der Waals surface area contributed by atoms with E-state index in [2.05, 4.69) is 11.9 Å². The molecule has 0 aliphatic rings. The Labute approximate surface area is 121 Å². The number of nitrogens with one attached hydrogen (secondary N) is 1. The summed E-state index contributed by atoms with van der Waals surface area (Å²) in [5.41, 5.74) is 0.685. The quantitative estimate of drug-likeness (QED) is 0.849. The average molecular weight is 287 g/mol. The average Bonchev–Trinajstić information content (AvgIpc) is 2.49. The van der Waals surface area contributed by atoms with Gasteiger partial charge in [-0.15, -0.1) is 0 Å². The van der Waals surface area contributed by atoms with Crippen LogP contribution in [-0.4, -0.2) is 18.1 Å². The van der Waals surface area contributed by atoms with Crippen LogP contribution < -0.4 is 10.1 Å². The van der Waals surface area contributed by atoms with Gasteiger partial charge in [-0.05, 0) is 29.8 Å². The molecular weight excluding hydrogens is 273 g/mol. The Kier molecular flexibility index (Phi) is 4.23. The molecular formula is C16H14FNO3. The second-order valence-electron chi connectivity index (χ2n) is 4.30. The van der Waals surface area contributed by atoms with E-state index in [1.54, 1.807) is 6.07 Å². The van der Waals surface area contributed by atoms with Crippen molar-refractivity contribution in [3.05, 3.63) is 60.4 Å². The summed E-state index contributed by atoms with van der Waals surface area (Å²) in [5, 5.41) is 12.0. The molecule has 5 heteroatoms. The number of halogens is 1. The minimum atomic E-state index is -0.534. The second kappa shape index (κ2) is 6.09. The number of phenolic OH excluding ortho intramolecular Hbond substituents is 1. The number of rotatable bonds is 4. The zero-order valence-electron chi connectivity index (χ0n) is 11.4. The Morgan fingerprint density at radius 1 is 1.29 bits per heavy atom. The molecule has 2 N–H and O–H groups in total. The summed E-state index contributed by atoms with van der Waals surface area (Å²) in [6.45, 7) is 3.68. The van der Waals surface area contributed by atoms with Crippen molar-refractivity contribution in [2.75, 3.05) is 12.4 Å². The number of anilines is 1. The van der Waals surface area contributed by atoms with Crippen LogP contribution in [0, 0.1) is 5.82 Å². The summed E-state index contributed by atoms with van der Waals surface area (Å²) >= 11 is 0. The largest absolute Gasteiger partial charge is 0.504 e. The highest BCUT2D eigenvalue weighted by Gasteiger charge is 2.13. The summed E-state index contributed by atoms with van der Waals surface area (Å²) < 4.78 is 18.5. The number of phenols is 1.